The van der Waals surface area contributed by atoms with Crippen molar-refractivity contribution >= 4 is 33.1 Å². The lowest BCUT2D eigenvalue weighted by atomic mass is 9.81. The third kappa shape index (κ3) is 2.91. The highest BCUT2D eigenvalue weighted by Gasteiger charge is 2.30. The van der Waals surface area contributed by atoms with Crippen LogP contribution in [0.5, 0.6) is 0 Å². The second-order valence-electron chi connectivity index (χ2n) is 9.17. The third-order valence-electron chi connectivity index (χ3n) is 7.21. The van der Waals surface area contributed by atoms with Crippen molar-refractivity contribution in [1.29, 1.82) is 0 Å². The average molecular weight is 461 g/mol. The number of carbonyl (C=O) groups excluding carboxylic acids is 2. The standard InChI is InChI=1S/C34H20O2/c35-33-27-16-8-9-17-28(27)34(36)30-20-22(18-19-29(30)33)32-25-14-6-4-12-23(25)31(21-10-2-1-3-11-21)24-13-5-7-15-26(24)32/h1-20H. The summed E-state index contributed by atoms with van der Waals surface area (Å²) in [6, 6.07) is 40.1. The highest BCUT2D eigenvalue weighted by Crippen LogP contribution is 2.44. The van der Waals surface area contributed by atoms with E-state index in [-0.39, 0.29) is 11.6 Å². The molecule has 2 heteroatoms. The van der Waals surface area contributed by atoms with Crippen LogP contribution >= 0.6 is 0 Å². The molecular weight excluding hydrogens is 440 g/mol. The van der Waals surface area contributed by atoms with Gasteiger partial charge in [-0.05, 0) is 55.9 Å². The minimum Gasteiger partial charge on any atom is -0.289 e. The van der Waals surface area contributed by atoms with Crippen molar-refractivity contribution in [3.63, 3.8) is 0 Å². The minimum atomic E-state index is -0.100. The van der Waals surface area contributed by atoms with Gasteiger partial charge in [0.1, 0.15) is 0 Å². The largest absolute Gasteiger partial charge is 0.289 e. The van der Waals surface area contributed by atoms with Gasteiger partial charge in [-0.15, -0.1) is 0 Å². The normalized spacial score (nSPS) is 12.6. The zero-order chi connectivity index (χ0) is 24.2. The van der Waals surface area contributed by atoms with E-state index < -0.39 is 0 Å². The molecule has 36 heavy (non-hydrogen) atoms. The lowest BCUT2D eigenvalue weighted by molar-refractivity contribution is 0.0979. The Balaban J connectivity index is 1.55. The van der Waals surface area contributed by atoms with Crippen LogP contribution < -0.4 is 0 Å². The van der Waals surface area contributed by atoms with E-state index in [1.165, 1.54) is 11.1 Å². The Kier molecular flexibility index (Phi) is 4.49. The van der Waals surface area contributed by atoms with Crippen LogP contribution in [0.2, 0.25) is 0 Å². The van der Waals surface area contributed by atoms with Crippen LogP contribution in [0.3, 0.4) is 0 Å². The maximum atomic E-state index is 13.5. The van der Waals surface area contributed by atoms with E-state index in [1.807, 2.05) is 30.3 Å². The monoisotopic (exact) mass is 460 g/mol. The molecule has 6 aromatic carbocycles. The van der Waals surface area contributed by atoms with Gasteiger partial charge >= 0.3 is 0 Å². The molecule has 0 aromatic heterocycles. The molecule has 0 saturated carbocycles. The molecule has 0 spiro atoms. The topological polar surface area (TPSA) is 34.1 Å². The summed E-state index contributed by atoms with van der Waals surface area (Å²) >= 11 is 0. The van der Waals surface area contributed by atoms with E-state index in [0.29, 0.717) is 22.3 Å². The first-order chi connectivity index (χ1) is 17.7. The molecule has 0 aliphatic heterocycles. The van der Waals surface area contributed by atoms with Crippen molar-refractivity contribution in [2.45, 2.75) is 0 Å². The molecule has 2 nitrogen and oxygen atoms in total. The first-order valence-corrected chi connectivity index (χ1v) is 12.0. The Bertz CT molecular complexity index is 1810. The molecule has 0 unspecified atom stereocenters. The molecule has 0 bridgehead atoms. The van der Waals surface area contributed by atoms with Gasteiger partial charge in [-0.2, -0.15) is 0 Å². The number of rotatable bonds is 2. The number of hydrogen-bond donors (Lipinski definition) is 0. The SMILES string of the molecule is O=C1c2ccccc2C(=O)c2cc(-c3c4ccccc4c(-c4ccccc4)c4ccccc34)ccc21. The summed E-state index contributed by atoms with van der Waals surface area (Å²) < 4.78 is 0. The van der Waals surface area contributed by atoms with E-state index in [0.717, 1.165) is 32.7 Å². The van der Waals surface area contributed by atoms with Gasteiger partial charge in [-0.3, -0.25) is 9.59 Å². The first-order valence-electron chi connectivity index (χ1n) is 12.0. The van der Waals surface area contributed by atoms with Crippen LogP contribution in [0, 0.1) is 0 Å². The highest BCUT2D eigenvalue weighted by molar-refractivity contribution is 6.29. The molecule has 1 aliphatic carbocycles. The van der Waals surface area contributed by atoms with Crippen molar-refractivity contribution in [2.24, 2.45) is 0 Å². The van der Waals surface area contributed by atoms with Gasteiger partial charge in [0.25, 0.3) is 0 Å². The second kappa shape index (κ2) is 7.86. The zero-order valence-corrected chi connectivity index (χ0v) is 19.4. The number of ketones is 2. The van der Waals surface area contributed by atoms with Crippen LogP contribution in [-0.4, -0.2) is 11.6 Å². The summed E-state index contributed by atoms with van der Waals surface area (Å²) in [5, 5.41) is 4.54. The van der Waals surface area contributed by atoms with Crippen molar-refractivity contribution in [3.05, 3.63) is 144 Å². The van der Waals surface area contributed by atoms with Crippen LogP contribution in [0.4, 0.5) is 0 Å². The van der Waals surface area contributed by atoms with E-state index >= 15 is 0 Å². The summed E-state index contributed by atoms with van der Waals surface area (Å²) in [7, 11) is 0. The summed E-state index contributed by atoms with van der Waals surface area (Å²) in [5.41, 5.74) is 6.26. The van der Waals surface area contributed by atoms with E-state index in [4.69, 9.17) is 0 Å². The fourth-order valence-corrected chi connectivity index (χ4v) is 5.61. The minimum absolute atomic E-state index is 0.0964. The smallest absolute Gasteiger partial charge is 0.194 e. The van der Waals surface area contributed by atoms with Gasteiger partial charge in [0.15, 0.2) is 11.6 Å². The molecule has 0 atom stereocenters. The van der Waals surface area contributed by atoms with E-state index in [2.05, 4.69) is 72.8 Å². The van der Waals surface area contributed by atoms with Crippen molar-refractivity contribution in [1.82, 2.24) is 0 Å². The molecule has 6 aromatic rings. The Hall–Kier alpha value is -4.82. The molecule has 0 saturated heterocycles. The van der Waals surface area contributed by atoms with Gasteiger partial charge in [0.05, 0.1) is 0 Å². The first kappa shape index (κ1) is 20.5. The van der Waals surface area contributed by atoms with Gasteiger partial charge in [0, 0.05) is 22.3 Å². The molecular formula is C34H20O2. The van der Waals surface area contributed by atoms with Gasteiger partial charge in [0.2, 0.25) is 0 Å². The average Bonchev–Trinajstić information content (AvgIpc) is 2.94. The molecule has 7 rings (SSSR count). The molecule has 0 amide bonds. The maximum absolute atomic E-state index is 13.5. The number of hydrogen-bond acceptors (Lipinski definition) is 2. The lowest BCUT2D eigenvalue weighted by Crippen LogP contribution is -2.20. The Labute approximate surface area is 208 Å². The molecule has 168 valence electrons. The molecule has 0 N–H and O–H groups in total. The third-order valence-corrected chi connectivity index (χ3v) is 7.21. The quantitative estimate of drug-likeness (QED) is 0.244. The van der Waals surface area contributed by atoms with E-state index in [1.54, 1.807) is 18.2 Å². The fraction of sp³-hybridized carbons (Fsp3) is 0. The van der Waals surface area contributed by atoms with Crippen LogP contribution in [0.25, 0.3) is 43.8 Å². The molecule has 1 aliphatic rings. The van der Waals surface area contributed by atoms with Crippen molar-refractivity contribution in [2.75, 3.05) is 0 Å². The summed E-state index contributed by atoms with van der Waals surface area (Å²) in [6.45, 7) is 0. The Morgan fingerprint density at radius 1 is 0.333 bits per heavy atom. The van der Waals surface area contributed by atoms with Crippen LogP contribution in [0.1, 0.15) is 31.8 Å². The fourth-order valence-electron chi connectivity index (χ4n) is 5.61. The van der Waals surface area contributed by atoms with Crippen LogP contribution in [0.15, 0.2) is 121 Å². The molecule has 0 fully saturated rings. The number of carbonyl (C=O) groups is 2. The Morgan fingerprint density at radius 3 is 1.31 bits per heavy atom. The highest BCUT2D eigenvalue weighted by atomic mass is 16.1. The zero-order valence-electron chi connectivity index (χ0n) is 19.4. The lowest BCUT2D eigenvalue weighted by Gasteiger charge is -2.20. The molecule has 0 radical (unpaired) electrons. The van der Waals surface area contributed by atoms with E-state index in [9.17, 15) is 9.59 Å². The predicted molar refractivity (Wildman–Crippen MR) is 146 cm³/mol. The van der Waals surface area contributed by atoms with Gasteiger partial charge < -0.3 is 0 Å². The summed E-state index contributed by atoms with van der Waals surface area (Å²) in [4.78, 5) is 26.6. The summed E-state index contributed by atoms with van der Waals surface area (Å²) in [6.07, 6.45) is 0. The predicted octanol–water partition coefficient (Wildman–Crippen LogP) is 8.10. The maximum Gasteiger partial charge on any atom is 0.194 e. The van der Waals surface area contributed by atoms with Crippen molar-refractivity contribution in [3.8, 4) is 22.3 Å². The number of fused-ring (bicyclic) bond motifs is 4. The van der Waals surface area contributed by atoms with Gasteiger partial charge in [-0.1, -0.05) is 109 Å². The summed E-state index contributed by atoms with van der Waals surface area (Å²) in [5.74, 6) is -0.197. The van der Waals surface area contributed by atoms with Crippen molar-refractivity contribution < 1.29 is 9.59 Å². The van der Waals surface area contributed by atoms with Crippen LogP contribution in [-0.2, 0) is 0 Å². The number of benzene rings is 6. The molecule has 0 heterocycles. The van der Waals surface area contributed by atoms with Gasteiger partial charge in [-0.25, -0.2) is 0 Å². The second-order valence-corrected chi connectivity index (χ2v) is 9.17. The Morgan fingerprint density at radius 2 is 0.750 bits per heavy atom.